The first-order valence-corrected chi connectivity index (χ1v) is 6.75. The summed E-state index contributed by atoms with van der Waals surface area (Å²) in [7, 11) is 1.98. The molecule has 0 saturated carbocycles. The molecule has 2 heteroatoms. The summed E-state index contributed by atoms with van der Waals surface area (Å²) in [5.74, 6) is 0.767. The lowest BCUT2D eigenvalue weighted by molar-refractivity contribution is 0.222. The average Bonchev–Trinajstić information content (AvgIpc) is 2.39. The second-order valence-electron chi connectivity index (χ2n) is 5.03. The fourth-order valence-corrected chi connectivity index (χ4v) is 2.85. The van der Waals surface area contributed by atoms with Crippen molar-refractivity contribution in [1.82, 2.24) is 4.90 Å². The molecule has 1 aliphatic heterocycles. The standard InChI is InChI=1S/C15H24N2/c1-4-17-9-7-13(8-10-17)15-6-5-14(16-3)11-12(15)2/h5-6,11,13,16H,4,7-10H2,1-3H3. The van der Waals surface area contributed by atoms with Crippen molar-refractivity contribution in [2.24, 2.45) is 0 Å². The Morgan fingerprint density at radius 3 is 2.53 bits per heavy atom. The molecule has 17 heavy (non-hydrogen) atoms. The van der Waals surface area contributed by atoms with Gasteiger partial charge in [0.25, 0.3) is 0 Å². The van der Waals surface area contributed by atoms with E-state index >= 15 is 0 Å². The molecule has 2 nitrogen and oxygen atoms in total. The summed E-state index contributed by atoms with van der Waals surface area (Å²) in [5.41, 5.74) is 4.21. The molecular weight excluding hydrogens is 208 g/mol. The molecule has 1 N–H and O–H groups in total. The van der Waals surface area contributed by atoms with Crippen LogP contribution < -0.4 is 5.32 Å². The molecule has 1 heterocycles. The number of hydrogen-bond donors (Lipinski definition) is 1. The van der Waals surface area contributed by atoms with Crippen molar-refractivity contribution in [3.63, 3.8) is 0 Å². The quantitative estimate of drug-likeness (QED) is 0.860. The predicted octanol–water partition coefficient (Wildman–Crippen LogP) is 3.24. The molecule has 0 radical (unpaired) electrons. The zero-order valence-electron chi connectivity index (χ0n) is 11.3. The molecule has 0 aromatic heterocycles. The first-order chi connectivity index (χ1) is 8.24. The molecule has 1 aromatic carbocycles. The van der Waals surface area contributed by atoms with Crippen molar-refractivity contribution >= 4 is 5.69 Å². The topological polar surface area (TPSA) is 15.3 Å². The lowest BCUT2D eigenvalue weighted by atomic mass is 9.86. The van der Waals surface area contributed by atoms with Gasteiger partial charge in [-0.05, 0) is 68.6 Å². The van der Waals surface area contributed by atoms with Gasteiger partial charge < -0.3 is 10.2 Å². The summed E-state index contributed by atoms with van der Waals surface area (Å²) in [6.07, 6.45) is 2.63. The van der Waals surface area contributed by atoms with Gasteiger partial charge in [0.15, 0.2) is 0 Å². The predicted molar refractivity (Wildman–Crippen MR) is 74.8 cm³/mol. The Hall–Kier alpha value is -1.02. The van der Waals surface area contributed by atoms with Crippen molar-refractivity contribution in [2.75, 3.05) is 32.0 Å². The van der Waals surface area contributed by atoms with Crippen molar-refractivity contribution < 1.29 is 0 Å². The minimum absolute atomic E-state index is 0.767. The van der Waals surface area contributed by atoms with Crippen LogP contribution >= 0.6 is 0 Å². The zero-order chi connectivity index (χ0) is 12.3. The van der Waals surface area contributed by atoms with Gasteiger partial charge in [-0.2, -0.15) is 0 Å². The van der Waals surface area contributed by atoms with Crippen molar-refractivity contribution in [1.29, 1.82) is 0 Å². The van der Waals surface area contributed by atoms with Crippen molar-refractivity contribution in [2.45, 2.75) is 32.6 Å². The minimum Gasteiger partial charge on any atom is -0.388 e. The molecule has 0 aliphatic carbocycles. The van der Waals surface area contributed by atoms with Gasteiger partial charge in [0, 0.05) is 12.7 Å². The fourth-order valence-electron chi connectivity index (χ4n) is 2.85. The summed E-state index contributed by atoms with van der Waals surface area (Å²) in [6.45, 7) is 8.21. The second-order valence-corrected chi connectivity index (χ2v) is 5.03. The molecule has 0 spiro atoms. The maximum absolute atomic E-state index is 3.21. The lowest BCUT2D eigenvalue weighted by Crippen LogP contribution is -2.32. The number of aryl methyl sites for hydroxylation is 1. The number of nitrogens with one attached hydrogen (secondary N) is 1. The smallest absolute Gasteiger partial charge is 0.0340 e. The van der Waals surface area contributed by atoms with E-state index in [1.807, 2.05) is 7.05 Å². The summed E-state index contributed by atoms with van der Waals surface area (Å²) in [5, 5.41) is 3.21. The highest BCUT2D eigenvalue weighted by Crippen LogP contribution is 2.31. The van der Waals surface area contributed by atoms with Crippen LogP contribution in [-0.2, 0) is 0 Å². The lowest BCUT2D eigenvalue weighted by Gasteiger charge is -2.32. The van der Waals surface area contributed by atoms with Crippen LogP contribution in [0, 0.1) is 6.92 Å². The van der Waals surface area contributed by atoms with Crippen LogP contribution in [-0.4, -0.2) is 31.6 Å². The zero-order valence-corrected chi connectivity index (χ0v) is 11.3. The van der Waals surface area contributed by atoms with E-state index in [-0.39, 0.29) is 0 Å². The number of benzene rings is 1. The molecule has 0 bridgehead atoms. The molecule has 0 amide bonds. The van der Waals surface area contributed by atoms with Gasteiger partial charge in [0.05, 0.1) is 0 Å². The van der Waals surface area contributed by atoms with E-state index in [0.29, 0.717) is 0 Å². The first-order valence-electron chi connectivity index (χ1n) is 6.75. The Labute approximate surface area is 105 Å². The van der Waals surface area contributed by atoms with Crippen LogP contribution in [0.3, 0.4) is 0 Å². The van der Waals surface area contributed by atoms with E-state index < -0.39 is 0 Å². The third-order valence-electron chi connectivity index (χ3n) is 4.03. The summed E-state index contributed by atoms with van der Waals surface area (Å²) >= 11 is 0. The normalized spacial score (nSPS) is 18.3. The largest absolute Gasteiger partial charge is 0.388 e. The van der Waals surface area contributed by atoms with Crippen LogP contribution in [0.5, 0.6) is 0 Å². The third-order valence-corrected chi connectivity index (χ3v) is 4.03. The van der Waals surface area contributed by atoms with E-state index in [0.717, 1.165) is 5.92 Å². The summed E-state index contributed by atoms with van der Waals surface area (Å²) in [4.78, 5) is 2.55. The summed E-state index contributed by atoms with van der Waals surface area (Å²) < 4.78 is 0. The van der Waals surface area contributed by atoms with E-state index in [9.17, 15) is 0 Å². The Morgan fingerprint density at radius 1 is 1.29 bits per heavy atom. The maximum Gasteiger partial charge on any atom is 0.0340 e. The van der Waals surface area contributed by atoms with E-state index in [4.69, 9.17) is 0 Å². The molecule has 0 unspecified atom stereocenters. The number of hydrogen-bond acceptors (Lipinski definition) is 2. The van der Waals surface area contributed by atoms with E-state index in [1.54, 1.807) is 5.56 Å². The third kappa shape index (κ3) is 2.81. The monoisotopic (exact) mass is 232 g/mol. The molecule has 1 aromatic rings. The number of nitrogens with zero attached hydrogens (tertiary/aromatic N) is 1. The second kappa shape index (κ2) is 5.54. The SMILES string of the molecule is CCN1CCC(c2ccc(NC)cc2C)CC1. The minimum atomic E-state index is 0.767. The highest BCUT2D eigenvalue weighted by Gasteiger charge is 2.20. The van der Waals surface area contributed by atoms with Crippen LogP contribution in [0.25, 0.3) is 0 Å². The Bertz CT molecular complexity index is 365. The van der Waals surface area contributed by atoms with Gasteiger partial charge in [-0.3, -0.25) is 0 Å². The number of piperidine rings is 1. The summed E-state index contributed by atoms with van der Waals surface area (Å²) in [6, 6.07) is 6.78. The van der Waals surface area contributed by atoms with Crippen LogP contribution in [0.4, 0.5) is 5.69 Å². The van der Waals surface area contributed by atoms with Crippen molar-refractivity contribution in [3.8, 4) is 0 Å². The van der Waals surface area contributed by atoms with Gasteiger partial charge >= 0.3 is 0 Å². The molecule has 0 atom stereocenters. The van der Waals surface area contributed by atoms with Crippen molar-refractivity contribution in [3.05, 3.63) is 29.3 Å². The molecule has 1 saturated heterocycles. The van der Waals surface area contributed by atoms with E-state index in [1.165, 1.54) is 43.7 Å². The molecule has 1 aliphatic rings. The van der Waals surface area contributed by atoms with Crippen LogP contribution in [0.2, 0.25) is 0 Å². The Morgan fingerprint density at radius 2 is 2.00 bits per heavy atom. The maximum atomic E-state index is 3.21. The highest BCUT2D eigenvalue weighted by molar-refractivity contribution is 5.48. The van der Waals surface area contributed by atoms with Gasteiger partial charge in [-0.25, -0.2) is 0 Å². The van der Waals surface area contributed by atoms with E-state index in [2.05, 4.69) is 42.3 Å². The van der Waals surface area contributed by atoms with Crippen LogP contribution in [0.1, 0.15) is 36.8 Å². The Kier molecular flexibility index (Phi) is 4.06. The Balaban J connectivity index is 2.08. The van der Waals surface area contributed by atoms with Gasteiger partial charge in [0.2, 0.25) is 0 Å². The van der Waals surface area contributed by atoms with Crippen LogP contribution in [0.15, 0.2) is 18.2 Å². The molecule has 1 fully saturated rings. The number of anilines is 1. The first kappa shape index (κ1) is 12.4. The fraction of sp³-hybridized carbons (Fsp3) is 0.600. The number of rotatable bonds is 3. The molecular formula is C15H24N2. The molecule has 94 valence electrons. The van der Waals surface area contributed by atoms with Gasteiger partial charge in [-0.15, -0.1) is 0 Å². The van der Waals surface area contributed by atoms with Gasteiger partial charge in [0.1, 0.15) is 0 Å². The molecule has 2 rings (SSSR count). The average molecular weight is 232 g/mol. The highest BCUT2D eigenvalue weighted by atomic mass is 15.1. The van der Waals surface area contributed by atoms with Gasteiger partial charge in [-0.1, -0.05) is 13.0 Å². The number of likely N-dealkylation sites (tertiary alicyclic amines) is 1.